The lowest BCUT2D eigenvalue weighted by Crippen LogP contribution is -2.22. The number of ether oxygens (including phenoxy) is 1. The van der Waals surface area contributed by atoms with Gasteiger partial charge in [0.2, 0.25) is 0 Å². The van der Waals surface area contributed by atoms with Crippen molar-refractivity contribution in [3.63, 3.8) is 0 Å². The summed E-state index contributed by atoms with van der Waals surface area (Å²) in [7, 11) is 0. The number of hydrogen-bond acceptors (Lipinski definition) is 4. The van der Waals surface area contributed by atoms with E-state index < -0.39 is 0 Å². The number of aromatic nitrogens is 3. The fraction of sp³-hybridized carbons (Fsp3) is 0.0465. The van der Waals surface area contributed by atoms with E-state index in [-0.39, 0.29) is 12.0 Å². The highest BCUT2D eigenvalue weighted by atomic mass is 16.5. The second-order valence-corrected chi connectivity index (χ2v) is 12.0. The number of para-hydroxylation sites is 1. The van der Waals surface area contributed by atoms with Crippen LogP contribution in [0.4, 0.5) is 0 Å². The zero-order chi connectivity index (χ0) is 31.2. The molecular formula is C43H29N3O. The highest BCUT2D eigenvalue weighted by Crippen LogP contribution is 2.49. The van der Waals surface area contributed by atoms with E-state index in [9.17, 15) is 0 Å². The first-order chi connectivity index (χ1) is 23.3. The van der Waals surface area contributed by atoms with Crippen LogP contribution < -0.4 is 4.74 Å². The predicted octanol–water partition coefficient (Wildman–Crippen LogP) is 10.1. The molecule has 0 bridgehead atoms. The van der Waals surface area contributed by atoms with Gasteiger partial charge in [-0.1, -0.05) is 140 Å². The molecule has 0 saturated carbocycles. The van der Waals surface area contributed by atoms with Gasteiger partial charge in [0.25, 0.3) is 0 Å². The number of rotatable bonds is 5. The van der Waals surface area contributed by atoms with Crippen LogP contribution in [0.25, 0.3) is 55.8 Å². The molecule has 6 aromatic carbocycles. The lowest BCUT2D eigenvalue weighted by atomic mass is 9.80. The van der Waals surface area contributed by atoms with Crippen molar-refractivity contribution in [2.75, 3.05) is 0 Å². The average Bonchev–Trinajstić information content (AvgIpc) is 3.53. The molecule has 7 aromatic rings. The number of fused-ring (bicyclic) bond motifs is 4. The van der Waals surface area contributed by atoms with Gasteiger partial charge < -0.3 is 4.74 Å². The Bertz CT molecular complexity index is 2330. The molecule has 47 heavy (non-hydrogen) atoms. The van der Waals surface area contributed by atoms with Crippen LogP contribution in [0.1, 0.15) is 22.9 Å². The Kier molecular flexibility index (Phi) is 6.57. The minimum atomic E-state index is -0.183. The lowest BCUT2D eigenvalue weighted by molar-refractivity contribution is 0.272. The van der Waals surface area contributed by atoms with Crippen molar-refractivity contribution in [2.24, 2.45) is 0 Å². The smallest absolute Gasteiger partial charge is 0.164 e. The number of hydrogen-bond donors (Lipinski definition) is 0. The Morgan fingerprint density at radius 3 is 1.81 bits per heavy atom. The van der Waals surface area contributed by atoms with E-state index >= 15 is 0 Å². The van der Waals surface area contributed by atoms with Crippen LogP contribution in [-0.2, 0) is 0 Å². The second-order valence-electron chi connectivity index (χ2n) is 12.0. The highest BCUT2D eigenvalue weighted by molar-refractivity contribution is 5.90. The summed E-state index contributed by atoms with van der Waals surface area (Å²) in [5.74, 6) is 2.80. The summed E-state index contributed by atoms with van der Waals surface area (Å²) in [6, 6.07) is 52.4. The van der Waals surface area contributed by atoms with Gasteiger partial charge in [-0.25, -0.2) is 15.0 Å². The first-order valence-corrected chi connectivity index (χ1v) is 15.9. The summed E-state index contributed by atoms with van der Waals surface area (Å²) in [6.45, 7) is 0. The molecule has 2 unspecified atom stereocenters. The summed E-state index contributed by atoms with van der Waals surface area (Å²) in [6.07, 6.45) is 4.31. The lowest BCUT2D eigenvalue weighted by Gasteiger charge is -2.25. The predicted molar refractivity (Wildman–Crippen MR) is 190 cm³/mol. The molecule has 0 radical (unpaired) electrons. The number of benzene rings is 6. The average molecular weight is 604 g/mol. The first-order valence-electron chi connectivity index (χ1n) is 15.9. The van der Waals surface area contributed by atoms with Gasteiger partial charge in [0.15, 0.2) is 17.5 Å². The maximum atomic E-state index is 6.60. The van der Waals surface area contributed by atoms with Gasteiger partial charge in [-0.15, -0.1) is 0 Å². The van der Waals surface area contributed by atoms with Crippen LogP contribution in [0.15, 0.2) is 164 Å². The summed E-state index contributed by atoms with van der Waals surface area (Å²) in [5, 5.41) is 2.33. The van der Waals surface area contributed by atoms with Crippen LogP contribution in [0.2, 0.25) is 0 Å². The molecule has 4 heteroatoms. The Morgan fingerprint density at radius 1 is 0.447 bits per heavy atom. The van der Waals surface area contributed by atoms with Gasteiger partial charge in [0.1, 0.15) is 11.9 Å². The van der Waals surface area contributed by atoms with Gasteiger partial charge in [0.05, 0.1) is 5.92 Å². The summed E-state index contributed by atoms with van der Waals surface area (Å²) in [5.41, 5.74) is 8.65. The van der Waals surface area contributed by atoms with Gasteiger partial charge in [-0.2, -0.15) is 0 Å². The maximum absolute atomic E-state index is 6.60. The third-order valence-electron chi connectivity index (χ3n) is 9.09. The van der Waals surface area contributed by atoms with E-state index in [0.717, 1.165) is 44.5 Å². The van der Waals surface area contributed by atoms with E-state index in [1.807, 2.05) is 30.3 Å². The van der Waals surface area contributed by atoms with E-state index in [1.165, 1.54) is 16.5 Å². The Balaban J connectivity index is 1.21. The zero-order valence-corrected chi connectivity index (χ0v) is 25.5. The van der Waals surface area contributed by atoms with Crippen molar-refractivity contribution in [3.8, 4) is 39.7 Å². The van der Waals surface area contributed by atoms with Gasteiger partial charge in [-0.3, -0.25) is 0 Å². The Morgan fingerprint density at radius 2 is 1.02 bits per heavy atom. The van der Waals surface area contributed by atoms with Crippen LogP contribution in [0.3, 0.4) is 0 Å². The monoisotopic (exact) mass is 603 g/mol. The van der Waals surface area contributed by atoms with Gasteiger partial charge >= 0.3 is 0 Å². The van der Waals surface area contributed by atoms with Crippen molar-refractivity contribution in [3.05, 3.63) is 181 Å². The fourth-order valence-electron chi connectivity index (χ4n) is 6.74. The van der Waals surface area contributed by atoms with Crippen molar-refractivity contribution >= 4 is 21.9 Å². The molecular weight excluding hydrogens is 574 g/mol. The molecule has 0 amide bonds. The molecule has 2 atom stereocenters. The van der Waals surface area contributed by atoms with Crippen LogP contribution >= 0.6 is 0 Å². The van der Waals surface area contributed by atoms with Crippen molar-refractivity contribution in [1.82, 2.24) is 15.0 Å². The molecule has 4 nitrogen and oxygen atoms in total. The normalized spacial score (nSPS) is 16.5. The van der Waals surface area contributed by atoms with E-state index in [0.29, 0.717) is 17.5 Å². The van der Waals surface area contributed by atoms with Crippen LogP contribution in [0.5, 0.6) is 5.75 Å². The molecule has 2 heterocycles. The number of allylic oxidation sites excluding steroid dienone is 2. The highest BCUT2D eigenvalue weighted by Gasteiger charge is 2.40. The summed E-state index contributed by atoms with van der Waals surface area (Å²) < 4.78 is 6.60. The molecule has 1 aliphatic heterocycles. The Labute approximate surface area is 273 Å². The molecule has 0 fully saturated rings. The summed E-state index contributed by atoms with van der Waals surface area (Å²) in [4.78, 5) is 15.4. The largest absolute Gasteiger partial charge is 0.485 e. The summed E-state index contributed by atoms with van der Waals surface area (Å²) >= 11 is 0. The van der Waals surface area contributed by atoms with Gasteiger partial charge in [-0.05, 0) is 57.3 Å². The molecule has 0 N–H and O–H groups in total. The minimum Gasteiger partial charge on any atom is -0.485 e. The molecule has 0 saturated heterocycles. The molecule has 1 aromatic heterocycles. The molecule has 9 rings (SSSR count). The zero-order valence-electron chi connectivity index (χ0n) is 25.5. The van der Waals surface area contributed by atoms with Gasteiger partial charge in [0, 0.05) is 22.3 Å². The minimum absolute atomic E-state index is 0.0472. The Hall–Kier alpha value is -6.13. The van der Waals surface area contributed by atoms with Crippen molar-refractivity contribution < 1.29 is 4.74 Å². The molecule has 1 aliphatic carbocycles. The molecule has 0 spiro atoms. The number of nitrogens with zero attached hydrogens (tertiary/aromatic N) is 3. The van der Waals surface area contributed by atoms with Crippen molar-refractivity contribution in [1.29, 1.82) is 0 Å². The quantitative estimate of drug-likeness (QED) is 0.196. The third-order valence-corrected chi connectivity index (χ3v) is 9.09. The third kappa shape index (κ3) is 5.01. The maximum Gasteiger partial charge on any atom is 0.164 e. The van der Waals surface area contributed by atoms with Crippen LogP contribution in [-0.4, -0.2) is 21.1 Å². The van der Waals surface area contributed by atoms with E-state index in [2.05, 4.69) is 133 Å². The first kappa shape index (κ1) is 27.2. The van der Waals surface area contributed by atoms with E-state index in [1.54, 1.807) is 0 Å². The standard InChI is InChI=1S/C43H29N3O/c1-3-11-28(12-4-1)30-19-21-31(22-20-30)35-26-37(40-36-17-9-10-18-38(36)47-39(40)27-35)43-45-41(32-14-5-2-6-15-32)44-42(46-43)34-24-23-29-13-7-8-16-33(29)25-34/h1-27,39-40H. The molecule has 222 valence electrons. The topological polar surface area (TPSA) is 47.9 Å². The van der Waals surface area contributed by atoms with Crippen molar-refractivity contribution in [2.45, 2.75) is 12.0 Å². The van der Waals surface area contributed by atoms with E-state index in [4.69, 9.17) is 19.7 Å². The second kappa shape index (κ2) is 11.3. The fourth-order valence-corrected chi connectivity index (χ4v) is 6.74. The molecule has 2 aliphatic rings. The SMILES string of the molecule is C1=C(c2ccc(-c3ccccc3)cc2)C=C(c2nc(-c3ccccc3)nc(-c3ccc4ccccc4c3)n2)C2c3ccccc3OC12. The van der Waals surface area contributed by atoms with Crippen LogP contribution in [0, 0.1) is 0 Å².